The van der Waals surface area contributed by atoms with E-state index >= 15 is 0 Å². The normalized spacial score (nSPS) is 21.4. The topological polar surface area (TPSA) is 39.1 Å². The van der Waals surface area contributed by atoms with E-state index < -0.39 is 0 Å². The minimum absolute atomic E-state index is 0.738. The Kier molecular flexibility index (Phi) is 3.66. The molecule has 100 valence electrons. The van der Waals surface area contributed by atoms with E-state index in [4.69, 9.17) is 4.74 Å². The SMILES string of the molecule is Cc1c(CNC2CC2)cnn1CC1CCOCC1. The zero-order valence-electron chi connectivity index (χ0n) is 11.2. The Bertz CT molecular complexity index is 392. The van der Waals surface area contributed by atoms with Crippen LogP contribution in [0.1, 0.15) is 36.9 Å². The summed E-state index contributed by atoms with van der Waals surface area (Å²) in [5.41, 5.74) is 2.68. The Balaban J connectivity index is 1.57. The number of rotatable bonds is 5. The summed E-state index contributed by atoms with van der Waals surface area (Å²) in [5, 5.41) is 8.10. The molecule has 0 bridgehead atoms. The van der Waals surface area contributed by atoms with Crippen LogP contribution >= 0.6 is 0 Å². The molecule has 0 radical (unpaired) electrons. The lowest BCUT2D eigenvalue weighted by Gasteiger charge is -2.22. The van der Waals surface area contributed by atoms with E-state index in [-0.39, 0.29) is 0 Å². The molecule has 3 rings (SSSR count). The van der Waals surface area contributed by atoms with Gasteiger partial charge in [0, 0.05) is 43.6 Å². The van der Waals surface area contributed by atoms with Crippen LogP contribution in [0.3, 0.4) is 0 Å². The molecule has 2 fully saturated rings. The molecule has 1 aromatic rings. The maximum Gasteiger partial charge on any atom is 0.0537 e. The van der Waals surface area contributed by atoms with Gasteiger partial charge in [0.2, 0.25) is 0 Å². The van der Waals surface area contributed by atoms with E-state index in [2.05, 4.69) is 22.0 Å². The Labute approximate surface area is 109 Å². The molecule has 1 N–H and O–H groups in total. The summed E-state index contributed by atoms with van der Waals surface area (Å²) < 4.78 is 7.59. The third-order valence-corrected chi connectivity index (χ3v) is 4.14. The van der Waals surface area contributed by atoms with Gasteiger partial charge in [-0.15, -0.1) is 0 Å². The monoisotopic (exact) mass is 249 g/mol. The molecule has 0 atom stereocenters. The zero-order chi connectivity index (χ0) is 12.4. The smallest absolute Gasteiger partial charge is 0.0537 e. The maximum absolute atomic E-state index is 5.41. The van der Waals surface area contributed by atoms with Gasteiger partial charge in [0.25, 0.3) is 0 Å². The van der Waals surface area contributed by atoms with Crippen LogP contribution in [0, 0.1) is 12.8 Å². The number of ether oxygens (including phenoxy) is 1. The number of hydrogen-bond donors (Lipinski definition) is 1. The van der Waals surface area contributed by atoms with Gasteiger partial charge in [-0.05, 0) is 38.5 Å². The van der Waals surface area contributed by atoms with Gasteiger partial charge in [0.1, 0.15) is 0 Å². The van der Waals surface area contributed by atoms with Crippen LogP contribution < -0.4 is 5.32 Å². The molecule has 0 aromatic carbocycles. The number of nitrogens with zero attached hydrogens (tertiary/aromatic N) is 2. The quantitative estimate of drug-likeness (QED) is 0.866. The van der Waals surface area contributed by atoms with Crippen LogP contribution in [0.4, 0.5) is 0 Å². The molecule has 2 aliphatic rings. The van der Waals surface area contributed by atoms with Gasteiger partial charge in [-0.1, -0.05) is 0 Å². The van der Waals surface area contributed by atoms with Crippen molar-refractivity contribution < 1.29 is 4.74 Å². The molecule has 1 saturated heterocycles. The zero-order valence-corrected chi connectivity index (χ0v) is 11.2. The first kappa shape index (κ1) is 12.2. The van der Waals surface area contributed by atoms with E-state index in [0.29, 0.717) is 0 Å². The van der Waals surface area contributed by atoms with Crippen LogP contribution in [0.25, 0.3) is 0 Å². The first-order valence-corrected chi connectivity index (χ1v) is 7.15. The standard InChI is InChI=1S/C14H23N3O/c1-11-13(8-15-14-2-3-14)9-16-17(11)10-12-4-6-18-7-5-12/h9,12,14-15H,2-8,10H2,1H3. The van der Waals surface area contributed by atoms with Gasteiger partial charge < -0.3 is 10.1 Å². The Morgan fingerprint density at radius 1 is 1.33 bits per heavy atom. The summed E-state index contributed by atoms with van der Waals surface area (Å²) in [6.45, 7) is 6.06. The van der Waals surface area contributed by atoms with Gasteiger partial charge in [-0.2, -0.15) is 5.10 Å². The molecule has 1 aliphatic carbocycles. The van der Waals surface area contributed by atoms with Crippen molar-refractivity contribution in [2.24, 2.45) is 5.92 Å². The highest BCUT2D eigenvalue weighted by Crippen LogP contribution is 2.21. The second kappa shape index (κ2) is 5.41. The molecule has 0 spiro atoms. The predicted molar refractivity (Wildman–Crippen MR) is 70.4 cm³/mol. The number of hydrogen-bond acceptors (Lipinski definition) is 3. The minimum Gasteiger partial charge on any atom is -0.381 e. The minimum atomic E-state index is 0.738. The Morgan fingerprint density at radius 2 is 2.11 bits per heavy atom. The van der Waals surface area contributed by atoms with Crippen molar-refractivity contribution in [3.8, 4) is 0 Å². The molecule has 1 saturated carbocycles. The van der Waals surface area contributed by atoms with E-state index in [1.165, 1.54) is 36.9 Å². The van der Waals surface area contributed by atoms with Gasteiger partial charge in [0.05, 0.1) is 6.20 Å². The van der Waals surface area contributed by atoms with E-state index in [0.717, 1.165) is 38.3 Å². The molecule has 4 heteroatoms. The van der Waals surface area contributed by atoms with Crippen molar-refractivity contribution in [1.29, 1.82) is 0 Å². The van der Waals surface area contributed by atoms with Gasteiger partial charge in [-0.25, -0.2) is 0 Å². The molecule has 0 amide bonds. The fourth-order valence-electron chi connectivity index (χ4n) is 2.56. The molecule has 0 unspecified atom stereocenters. The first-order valence-electron chi connectivity index (χ1n) is 7.15. The lowest BCUT2D eigenvalue weighted by Crippen LogP contribution is -2.21. The highest BCUT2D eigenvalue weighted by molar-refractivity contribution is 5.16. The van der Waals surface area contributed by atoms with Crippen molar-refractivity contribution in [2.45, 2.75) is 51.7 Å². The van der Waals surface area contributed by atoms with Crippen LogP contribution in [0.5, 0.6) is 0 Å². The van der Waals surface area contributed by atoms with Crippen molar-refractivity contribution in [3.05, 3.63) is 17.5 Å². The number of aromatic nitrogens is 2. The molecule has 1 aromatic heterocycles. The van der Waals surface area contributed by atoms with Crippen molar-refractivity contribution in [1.82, 2.24) is 15.1 Å². The Hall–Kier alpha value is -0.870. The van der Waals surface area contributed by atoms with E-state index in [1.807, 2.05) is 6.20 Å². The Morgan fingerprint density at radius 3 is 2.83 bits per heavy atom. The second-order valence-electron chi connectivity index (χ2n) is 5.65. The van der Waals surface area contributed by atoms with E-state index in [1.54, 1.807) is 0 Å². The predicted octanol–water partition coefficient (Wildman–Crippen LogP) is 1.87. The fourth-order valence-corrected chi connectivity index (χ4v) is 2.56. The molecular weight excluding hydrogens is 226 g/mol. The lowest BCUT2D eigenvalue weighted by atomic mass is 10.0. The van der Waals surface area contributed by atoms with Crippen molar-refractivity contribution in [3.63, 3.8) is 0 Å². The van der Waals surface area contributed by atoms with E-state index in [9.17, 15) is 0 Å². The van der Waals surface area contributed by atoms with Crippen LogP contribution in [-0.4, -0.2) is 29.0 Å². The molecular formula is C14H23N3O. The molecule has 2 heterocycles. The average Bonchev–Trinajstić information content (AvgIpc) is 3.16. The van der Waals surface area contributed by atoms with Crippen LogP contribution in [0.2, 0.25) is 0 Å². The van der Waals surface area contributed by atoms with Crippen molar-refractivity contribution in [2.75, 3.05) is 13.2 Å². The van der Waals surface area contributed by atoms with Gasteiger partial charge in [0.15, 0.2) is 0 Å². The third-order valence-electron chi connectivity index (χ3n) is 4.14. The molecule has 18 heavy (non-hydrogen) atoms. The summed E-state index contributed by atoms with van der Waals surface area (Å²) in [6, 6.07) is 0.767. The highest BCUT2D eigenvalue weighted by atomic mass is 16.5. The third kappa shape index (κ3) is 2.93. The van der Waals surface area contributed by atoms with Crippen LogP contribution in [-0.2, 0) is 17.8 Å². The fraction of sp³-hybridized carbons (Fsp3) is 0.786. The summed E-state index contributed by atoms with van der Waals surface area (Å²) in [7, 11) is 0. The number of nitrogens with one attached hydrogen (secondary N) is 1. The van der Waals surface area contributed by atoms with Crippen molar-refractivity contribution >= 4 is 0 Å². The van der Waals surface area contributed by atoms with Crippen LogP contribution in [0.15, 0.2) is 6.20 Å². The van der Waals surface area contributed by atoms with Gasteiger partial charge in [-0.3, -0.25) is 4.68 Å². The maximum atomic E-state index is 5.41. The second-order valence-corrected chi connectivity index (χ2v) is 5.65. The summed E-state index contributed by atoms with van der Waals surface area (Å²) in [4.78, 5) is 0. The lowest BCUT2D eigenvalue weighted by molar-refractivity contribution is 0.0599. The largest absolute Gasteiger partial charge is 0.381 e. The first-order chi connectivity index (χ1) is 8.83. The summed E-state index contributed by atoms with van der Waals surface area (Å²) in [6.07, 6.45) is 7.07. The average molecular weight is 249 g/mol. The van der Waals surface area contributed by atoms with Gasteiger partial charge >= 0.3 is 0 Å². The summed E-state index contributed by atoms with van der Waals surface area (Å²) >= 11 is 0. The molecule has 4 nitrogen and oxygen atoms in total. The molecule has 1 aliphatic heterocycles. The highest BCUT2D eigenvalue weighted by Gasteiger charge is 2.21. The summed E-state index contributed by atoms with van der Waals surface area (Å²) in [5.74, 6) is 0.738.